The van der Waals surface area contributed by atoms with Gasteiger partial charge >= 0.3 is 0 Å². The summed E-state index contributed by atoms with van der Waals surface area (Å²) in [5.41, 5.74) is -0.0632. The van der Waals surface area contributed by atoms with Crippen molar-refractivity contribution in [1.29, 1.82) is 0 Å². The van der Waals surface area contributed by atoms with Crippen molar-refractivity contribution in [1.82, 2.24) is 5.32 Å². The Hall–Kier alpha value is -0.120. The first-order chi connectivity index (χ1) is 7.59. The minimum Gasteiger partial charge on any atom is -0.379 e. The monoisotopic (exact) mass is 229 g/mol. The maximum atomic E-state index is 5.96. The molecule has 1 fully saturated rings. The van der Waals surface area contributed by atoms with Gasteiger partial charge in [0.1, 0.15) is 0 Å². The second kappa shape index (κ2) is 6.58. The molecule has 1 saturated carbocycles. The summed E-state index contributed by atoms with van der Waals surface area (Å²) in [6.07, 6.45) is 5.11. The zero-order chi connectivity index (χ0) is 12.0. The van der Waals surface area contributed by atoms with Crippen LogP contribution in [-0.2, 0) is 9.47 Å². The van der Waals surface area contributed by atoms with E-state index in [4.69, 9.17) is 9.47 Å². The number of hydrogen-bond acceptors (Lipinski definition) is 3. The zero-order valence-corrected chi connectivity index (χ0v) is 11.2. The van der Waals surface area contributed by atoms with E-state index in [1.807, 2.05) is 0 Å². The minimum absolute atomic E-state index is 0.0632. The maximum absolute atomic E-state index is 5.96. The summed E-state index contributed by atoms with van der Waals surface area (Å²) in [5, 5.41) is 3.50. The van der Waals surface area contributed by atoms with Crippen molar-refractivity contribution >= 4 is 0 Å². The molecule has 0 bridgehead atoms. The molecule has 1 aliphatic carbocycles. The molecule has 0 spiro atoms. The van der Waals surface area contributed by atoms with Gasteiger partial charge in [-0.05, 0) is 46.1 Å². The highest BCUT2D eigenvalue weighted by Gasteiger charge is 2.27. The quantitative estimate of drug-likeness (QED) is 0.727. The van der Waals surface area contributed by atoms with E-state index in [9.17, 15) is 0 Å². The molecule has 96 valence electrons. The van der Waals surface area contributed by atoms with Gasteiger partial charge in [-0.1, -0.05) is 6.92 Å². The molecule has 1 N–H and O–H groups in total. The Bertz CT molecular complexity index is 194. The minimum atomic E-state index is -0.0632. The summed E-state index contributed by atoms with van der Waals surface area (Å²) in [7, 11) is 1.76. The van der Waals surface area contributed by atoms with Crippen LogP contribution in [0.3, 0.4) is 0 Å². The lowest BCUT2D eigenvalue weighted by Gasteiger charge is -2.25. The second-order valence-corrected chi connectivity index (χ2v) is 5.22. The average Bonchev–Trinajstić information content (AvgIpc) is 2.66. The van der Waals surface area contributed by atoms with E-state index in [-0.39, 0.29) is 5.60 Å². The van der Waals surface area contributed by atoms with E-state index in [1.54, 1.807) is 7.11 Å². The SMILES string of the molecule is CCNC1CCCC1OCCC(C)(C)OC. The van der Waals surface area contributed by atoms with E-state index in [0.717, 1.165) is 19.6 Å². The molecule has 2 atom stereocenters. The van der Waals surface area contributed by atoms with Gasteiger partial charge in [0.2, 0.25) is 0 Å². The van der Waals surface area contributed by atoms with Crippen LogP contribution < -0.4 is 5.32 Å². The van der Waals surface area contributed by atoms with Crippen LogP contribution in [0.5, 0.6) is 0 Å². The lowest BCUT2D eigenvalue weighted by Crippen LogP contribution is -2.38. The first-order valence-corrected chi connectivity index (χ1v) is 6.49. The molecule has 0 aromatic rings. The van der Waals surface area contributed by atoms with Crippen LogP contribution in [0.15, 0.2) is 0 Å². The Balaban J connectivity index is 2.21. The van der Waals surface area contributed by atoms with Crippen molar-refractivity contribution in [3.05, 3.63) is 0 Å². The molecule has 0 radical (unpaired) electrons. The fourth-order valence-electron chi connectivity index (χ4n) is 2.18. The van der Waals surface area contributed by atoms with Gasteiger partial charge < -0.3 is 14.8 Å². The van der Waals surface area contributed by atoms with E-state index < -0.39 is 0 Å². The molecule has 3 heteroatoms. The smallest absolute Gasteiger partial charge is 0.0728 e. The van der Waals surface area contributed by atoms with Crippen LogP contribution in [0.4, 0.5) is 0 Å². The molecule has 0 heterocycles. The molecular weight excluding hydrogens is 202 g/mol. The largest absolute Gasteiger partial charge is 0.379 e. The van der Waals surface area contributed by atoms with Crippen molar-refractivity contribution in [2.45, 2.75) is 64.2 Å². The van der Waals surface area contributed by atoms with Gasteiger partial charge in [-0.15, -0.1) is 0 Å². The molecule has 1 aliphatic rings. The van der Waals surface area contributed by atoms with E-state index >= 15 is 0 Å². The molecule has 16 heavy (non-hydrogen) atoms. The van der Waals surface area contributed by atoms with E-state index in [2.05, 4.69) is 26.1 Å². The number of rotatable bonds is 7. The summed E-state index contributed by atoms with van der Waals surface area (Å²) in [5.74, 6) is 0. The maximum Gasteiger partial charge on any atom is 0.0728 e. The van der Waals surface area contributed by atoms with Crippen LogP contribution in [0, 0.1) is 0 Å². The number of methoxy groups -OCH3 is 1. The van der Waals surface area contributed by atoms with Crippen molar-refractivity contribution < 1.29 is 9.47 Å². The molecule has 0 aromatic heterocycles. The molecule has 0 amide bonds. The third-order valence-electron chi connectivity index (χ3n) is 3.51. The third kappa shape index (κ3) is 4.40. The normalized spacial score (nSPS) is 26.2. The van der Waals surface area contributed by atoms with Gasteiger partial charge in [0.05, 0.1) is 11.7 Å². The Labute approximate surface area is 99.9 Å². The van der Waals surface area contributed by atoms with Crippen LogP contribution in [0.25, 0.3) is 0 Å². The van der Waals surface area contributed by atoms with E-state index in [1.165, 1.54) is 19.3 Å². The van der Waals surface area contributed by atoms with Crippen molar-refractivity contribution in [2.75, 3.05) is 20.3 Å². The lowest BCUT2D eigenvalue weighted by atomic mass is 10.1. The number of ether oxygens (including phenoxy) is 2. The fraction of sp³-hybridized carbons (Fsp3) is 1.00. The molecule has 0 saturated heterocycles. The second-order valence-electron chi connectivity index (χ2n) is 5.22. The highest BCUT2D eigenvalue weighted by atomic mass is 16.5. The highest BCUT2D eigenvalue weighted by molar-refractivity contribution is 4.84. The predicted octanol–water partition coefficient (Wildman–Crippen LogP) is 2.35. The molecular formula is C13H27NO2. The highest BCUT2D eigenvalue weighted by Crippen LogP contribution is 2.23. The van der Waals surface area contributed by atoms with E-state index in [0.29, 0.717) is 12.1 Å². The first-order valence-electron chi connectivity index (χ1n) is 6.49. The lowest BCUT2D eigenvalue weighted by molar-refractivity contribution is -0.0302. The summed E-state index contributed by atoms with van der Waals surface area (Å²) in [6.45, 7) is 8.20. The standard InChI is InChI=1S/C13H27NO2/c1-5-14-11-7-6-8-12(11)16-10-9-13(2,3)15-4/h11-12,14H,5-10H2,1-4H3. The molecule has 0 aliphatic heterocycles. The van der Waals surface area contributed by atoms with Crippen LogP contribution in [0.2, 0.25) is 0 Å². The van der Waals surface area contributed by atoms with Crippen molar-refractivity contribution in [2.24, 2.45) is 0 Å². The summed E-state index contributed by atoms with van der Waals surface area (Å²) >= 11 is 0. The molecule has 2 unspecified atom stereocenters. The average molecular weight is 229 g/mol. The predicted molar refractivity (Wildman–Crippen MR) is 66.8 cm³/mol. The Kier molecular flexibility index (Phi) is 5.73. The summed E-state index contributed by atoms with van der Waals surface area (Å²) in [6, 6.07) is 0.565. The topological polar surface area (TPSA) is 30.5 Å². The molecule has 1 rings (SSSR count). The molecule has 3 nitrogen and oxygen atoms in total. The summed E-state index contributed by atoms with van der Waals surface area (Å²) in [4.78, 5) is 0. The van der Waals surface area contributed by atoms with Crippen molar-refractivity contribution in [3.63, 3.8) is 0 Å². The Morgan fingerprint density at radius 2 is 2.06 bits per heavy atom. The number of nitrogens with one attached hydrogen (secondary N) is 1. The van der Waals surface area contributed by atoms with Gasteiger partial charge in [-0.3, -0.25) is 0 Å². The fourth-order valence-corrected chi connectivity index (χ4v) is 2.18. The zero-order valence-electron chi connectivity index (χ0n) is 11.2. The third-order valence-corrected chi connectivity index (χ3v) is 3.51. The Morgan fingerprint density at radius 3 is 2.69 bits per heavy atom. The van der Waals surface area contributed by atoms with Crippen molar-refractivity contribution in [3.8, 4) is 0 Å². The van der Waals surface area contributed by atoms with Gasteiger partial charge in [0.15, 0.2) is 0 Å². The van der Waals surface area contributed by atoms with Crippen LogP contribution in [-0.4, -0.2) is 38.0 Å². The van der Waals surface area contributed by atoms with Gasteiger partial charge in [-0.2, -0.15) is 0 Å². The first kappa shape index (κ1) is 13.9. The Morgan fingerprint density at radius 1 is 1.31 bits per heavy atom. The number of hydrogen-bond donors (Lipinski definition) is 1. The summed E-state index contributed by atoms with van der Waals surface area (Å²) < 4.78 is 11.3. The molecule has 0 aromatic carbocycles. The van der Waals surface area contributed by atoms with Gasteiger partial charge in [0, 0.05) is 19.8 Å². The van der Waals surface area contributed by atoms with Crippen LogP contribution in [0.1, 0.15) is 46.5 Å². The number of likely N-dealkylation sites (N-methyl/N-ethyl adjacent to an activating group) is 1. The van der Waals surface area contributed by atoms with Crippen LogP contribution >= 0.6 is 0 Å². The van der Waals surface area contributed by atoms with Gasteiger partial charge in [0.25, 0.3) is 0 Å². The van der Waals surface area contributed by atoms with Gasteiger partial charge in [-0.25, -0.2) is 0 Å².